The van der Waals surface area contributed by atoms with Crippen molar-refractivity contribution in [2.24, 2.45) is 0 Å². The van der Waals surface area contributed by atoms with Gasteiger partial charge >= 0.3 is 0 Å². The van der Waals surface area contributed by atoms with Gasteiger partial charge in [0, 0.05) is 0 Å². The molecule has 0 aromatic heterocycles. The lowest BCUT2D eigenvalue weighted by Gasteiger charge is -2.28. The summed E-state index contributed by atoms with van der Waals surface area (Å²) in [7, 11) is 0.977. The molecular weight excluding hydrogens is 126 g/mol. The molecule has 0 aromatic carbocycles. The van der Waals surface area contributed by atoms with Crippen molar-refractivity contribution in [1.82, 2.24) is 4.57 Å². The van der Waals surface area contributed by atoms with Crippen LogP contribution in [0.5, 0.6) is 0 Å². The smallest absolute Gasteiger partial charge is 0.146 e. The monoisotopic (exact) mass is 143 g/mol. The summed E-state index contributed by atoms with van der Waals surface area (Å²) in [5.41, 5.74) is 2.11. The van der Waals surface area contributed by atoms with Gasteiger partial charge in [0.05, 0.1) is 0 Å². The maximum Gasteiger partial charge on any atom is 0.146 e. The van der Waals surface area contributed by atoms with E-state index in [1.165, 1.54) is 0 Å². The topological polar surface area (TPSA) is 3.24 Å². The third-order valence-electron chi connectivity index (χ3n) is 1.96. The standard InChI is InChI=1S/C7H17NSi/c1-6-8(3)9(4,5)7-2/h7H,2,6H2,1,3-5H3. The van der Waals surface area contributed by atoms with Gasteiger partial charge in [0.15, 0.2) is 0 Å². The van der Waals surface area contributed by atoms with Crippen LogP contribution in [0.4, 0.5) is 0 Å². The second-order valence-electron chi connectivity index (χ2n) is 2.87. The lowest BCUT2D eigenvalue weighted by molar-refractivity contribution is 0.544. The number of nitrogens with zero attached hydrogens (tertiary/aromatic N) is 1. The van der Waals surface area contributed by atoms with E-state index >= 15 is 0 Å². The SMILES string of the molecule is C=C[Si](C)(C)N(C)CC. The molecule has 9 heavy (non-hydrogen) atoms. The van der Waals surface area contributed by atoms with E-state index in [1.807, 2.05) is 0 Å². The van der Waals surface area contributed by atoms with Crippen LogP contribution in [0.3, 0.4) is 0 Å². The number of rotatable bonds is 3. The molecule has 0 unspecified atom stereocenters. The zero-order chi connectivity index (χ0) is 7.49. The van der Waals surface area contributed by atoms with E-state index in [9.17, 15) is 0 Å². The van der Waals surface area contributed by atoms with Crippen LogP contribution in [0.15, 0.2) is 12.3 Å². The molecule has 54 valence electrons. The minimum atomic E-state index is -1.18. The van der Waals surface area contributed by atoms with E-state index in [4.69, 9.17) is 0 Å². The average molecular weight is 143 g/mol. The molecule has 0 amide bonds. The Kier molecular flexibility index (Phi) is 3.15. The van der Waals surface area contributed by atoms with Crippen molar-refractivity contribution in [1.29, 1.82) is 0 Å². The van der Waals surface area contributed by atoms with E-state index < -0.39 is 8.24 Å². The van der Waals surface area contributed by atoms with Crippen LogP contribution in [-0.2, 0) is 0 Å². The van der Waals surface area contributed by atoms with Crippen molar-refractivity contribution >= 4 is 8.24 Å². The summed E-state index contributed by atoms with van der Waals surface area (Å²) in [6.45, 7) is 11.7. The summed E-state index contributed by atoms with van der Waals surface area (Å²) in [6, 6.07) is 0. The van der Waals surface area contributed by atoms with Gasteiger partial charge in [-0.2, -0.15) is 0 Å². The minimum Gasteiger partial charge on any atom is -0.324 e. The lowest BCUT2D eigenvalue weighted by atomic mass is 10.8. The first-order chi connectivity index (χ1) is 4.04. The molecule has 0 heterocycles. The molecule has 0 radical (unpaired) electrons. The van der Waals surface area contributed by atoms with E-state index in [-0.39, 0.29) is 0 Å². The summed E-state index contributed by atoms with van der Waals surface area (Å²) in [5, 5.41) is 0. The second-order valence-corrected chi connectivity index (χ2v) is 7.35. The molecule has 0 aromatic rings. The molecule has 0 bridgehead atoms. The Morgan fingerprint density at radius 3 is 2.11 bits per heavy atom. The largest absolute Gasteiger partial charge is 0.324 e. The zero-order valence-electron chi connectivity index (χ0n) is 6.94. The quantitative estimate of drug-likeness (QED) is 0.545. The highest BCUT2D eigenvalue weighted by atomic mass is 28.3. The molecular formula is C7H17NSi. The van der Waals surface area contributed by atoms with E-state index in [0.29, 0.717) is 0 Å². The summed E-state index contributed by atoms with van der Waals surface area (Å²) < 4.78 is 2.39. The van der Waals surface area contributed by atoms with Crippen molar-refractivity contribution in [2.45, 2.75) is 20.0 Å². The molecule has 0 saturated heterocycles. The third-order valence-corrected chi connectivity index (χ3v) is 5.24. The molecule has 0 fully saturated rings. The van der Waals surface area contributed by atoms with Gasteiger partial charge in [-0.1, -0.05) is 25.7 Å². The third kappa shape index (κ3) is 2.33. The van der Waals surface area contributed by atoms with E-state index in [0.717, 1.165) is 6.54 Å². The Morgan fingerprint density at radius 1 is 1.56 bits per heavy atom. The van der Waals surface area contributed by atoms with E-state index in [2.05, 4.69) is 43.9 Å². The van der Waals surface area contributed by atoms with Gasteiger partial charge in [0.1, 0.15) is 8.24 Å². The van der Waals surface area contributed by atoms with Crippen LogP contribution in [0.1, 0.15) is 6.92 Å². The van der Waals surface area contributed by atoms with Gasteiger partial charge in [-0.15, -0.1) is 6.58 Å². The zero-order valence-corrected chi connectivity index (χ0v) is 7.94. The minimum absolute atomic E-state index is 1.13. The highest BCUT2D eigenvalue weighted by molar-refractivity contribution is 6.79. The van der Waals surface area contributed by atoms with Crippen LogP contribution >= 0.6 is 0 Å². The van der Waals surface area contributed by atoms with Gasteiger partial charge in [-0.3, -0.25) is 0 Å². The van der Waals surface area contributed by atoms with Crippen molar-refractivity contribution in [3.8, 4) is 0 Å². The number of hydrogen-bond donors (Lipinski definition) is 0. The Hall–Kier alpha value is -0.0831. The second kappa shape index (κ2) is 3.18. The fourth-order valence-corrected chi connectivity index (χ4v) is 1.69. The first-order valence-electron chi connectivity index (χ1n) is 3.39. The molecule has 0 N–H and O–H groups in total. The Morgan fingerprint density at radius 2 is 2.00 bits per heavy atom. The summed E-state index contributed by atoms with van der Waals surface area (Å²) in [5.74, 6) is 0. The first kappa shape index (κ1) is 8.92. The highest BCUT2D eigenvalue weighted by Crippen LogP contribution is 2.06. The lowest BCUT2D eigenvalue weighted by Crippen LogP contribution is -2.44. The van der Waals surface area contributed by atoms with Gasteiger partial charge < -0.3 is 4.57 Å². The highest BCUT2D eigenvalue weighted by Gasteiger charge is 2.20. The molecule has 0 saturated carbocycles. The van der Waals surface area contributed by atoms with Crippen molar-refractivity contribution in [3.05, 3.63) is 12.3 Å². The normalized spacial score (nSPS) is 12.1. The van der Waals surface area contributed by atoms with Gasteiger partial charge in [0.25, 0.3) is 0 Å². The van der Waals surface area contributed by atoms with Crippen LogP contribution < -0.4 is 0 Å². The van der Waals surface area contributed by atoms with E-state index in [1.54, 1.807) is 0 Å². The van der Waals surface area contributed by atoms with Crippen molar-refractivity contribution < 1.29 is 0 Å². The summed E-state index contributed by atoms with van der Waals surface area (Å²) >= 11 is 0. The Balaban J connectivity index is 3.95. The molecule has 0 atom stereocenters. The van der Waals surface area contributed by atoms with Crippen LogP contribution in [-0.4, -0.2) is 26.4 Å². The van der Waals surface area contributed by atoms with Crippen molar-refractivity contribution in [2.75, 3.05) is 13.6 Å². The fourth-order valence-electron chi connectivity index (χ4n) is 0.563. The summed E-state index contributed by atoms with van der Waals surface area (Å²) in [6.07, 6.45) is 0. The van der Waals surface area contributed by atoms with Crippen LogP contribution in [0.2, 0.25) is 13.1 Å². The molecule has 0 aliphatic carbocycles. The predicted octanol–water partition coefficient (Wildman–Crippen LogP) is 1.87. The predicted molar refractivity (Wildman–Crippen MR) is 46.0 cm³/mol. The fraction of sp³-hybridized carbons (Fsp3) is 0.714. The molecule has 1 nitrogen and oxygen atoms in total. The Labute approximate surface area is 59.5 Å². The van der Waals surface area contributed by atoms with Crippen molar-refractivity contribution in [3.63, 3.8) is 0 Å². The molecule has 0 spiro atoms. The van der Waals surface area contributed by atoms with Gasteiger partial charge in [0.2, 0.25) is 0 Å². The van der Waals surface area contributed by atoms with Crippen LogP contribution in [0.25, 0.3) is 0 Å². The van der Waals surface area contributed by atoms with Crippen LogP contribution in [0, 0.1) is 0 Å². The maximum atomic E-state index is 3.82. The number of hydrogen-bond acceptors (Lipinski definition) is 1. The first-order valence-corrected chi connectivity index (χ1v) is 6.42. The Bertz CT molecular complexity index is 99.1. The molecule has 0 aliphatic heterocycles. The molecule has 0 aliphatic rings. The summed E-state index contributed by atoms with van der Waals surface area (Å²) in [4.78, 5) is 0. The van der Waals surface area contributed by atoms with Gasteiger partial charge in [-0.05, 0) is 13.6 Å². The van der Waals surface area contributed by atoms with Gasteiger partial charge in [-0.25, -0.2) is 0 Å². The molecule has 0 rings (SSSR count). The molecule has 2 heteroatoms. The average Bonchev–Trinajstić information content (AvgIpc) is 1.86. The maximum absolute atomic E-state index is 3.82.